The average Bonchev–Trinajstić information content (AvgIpc) is 2.96. The lowest BCUT2D eigenvalue weighted by atomic mass is 10.1. The lowest BCUT2D eigenvalue weighted by Crippen LogP contribution is -2.13. The molecule has 5 heteroatoms. The lowest BCUT2D eigenvalue weighted by Gasteiger charge is -2.08. The molecular formula is C16H17N5. The molecule has 0 aliphatic carbocycles. The molecular weight excluding hydrogens is 262 g/mol. The van der Waals surface area contributed by atoms with Gasteiger partial charge in [0.25, 0.3) is 0 Å². The number of hydrogen-bond acceptors (Lipinski definition) is 3. The van der Waals surface area contributed by atoms with Gasteiger partial charge in [-0.1, -0.05) is 32.0 Å². The number of nitrogens with zero attached hydrogens (tertiary/aromatic N) is 3. The van der Waals surface area contributed by atoms with Crippen molar-refractivity contribution in [1.82, 2.24) is 14.8 Å². The van der Waals surface area contributed by atoms with E-state index in [1.54, 1.807) is 4.68 Å². The third-order valence-corrected chi connectivity index (χ3v) is 3.43. The van der Waals surface area contributed by atoms with Crippen molar-refractivity contribution in [2.45, 2.75) is 19.8 Å². The highest BCUT2D eigenvalue weighted by molar-refractivity contribution is 6.07. The van der Waals surface area contributed by atoms with Crippen LogP contribution < -0.4 is 5.73 Å². The first kappa shape index (κ1) is 13.3. The predicted octanol–water partition coefficient (Wildman–Crippen LogP) is 2.83. The van der Waals surface area contributed by atoms with Gasteiger partial charge in [0.05, 0.1) is 11.2 Å². The molecule has 3 rings (SSSR count). The van der Waals surface area contributed by atoms with Crippen molar-refractivity contribution in [3.8, 4) is 5.82 Å². The van der Waals surface area contributed by atoms with Crippen molar-refractivity contribution in [1.29, 1.82) is 5.41 Å². The lowest BCUT2D eigenvalue weighted by molar-refractivity contribution is 0.759. The SMILES string of the molecule is CC(C)c1ccn(-c2cc(C(=N)N)c3ccccc3n2)n1. The first-order valence-electron chi connectivity index (χ1n) is 6.86. The summed E-state index contributed by atoms with van der Waals surface area (Å²) in [6.45, 7) is 4.20. The van der Waals surface area contributed by atoms with Crippen molar-refractivity contribution >= 4 is 16.7 Å². The normalized spacial score (nSPS) is 11.2. The number of para-hydroxylation sites is 1. The van der Waals surface area contributed by atoms with Crippen molar-refractivity contribution in [3.05, 3.63) is 53.9 Å². The second-order valence-electron chi connectivity index (χ2n) is 5.30. The number of nitrogens with one attached hydrogen (secondary N) is 1. The Labute approximate surface area is 122 Å². The molecule has 2 heterocycles. The fourth-order valence-electron chi connectivity index (χ4n) is 2.28. The number of nitrogen functional groups attached to an aromatic ring is 1. The number of nitrogens with two attached hydrogens (primary N) is 1. The summed E-state index contributed by atoms with van der Waals surface area (Å²) in [4.78, 5) is 4.61. The molecule has 0 saturated heterocycles. The number of amidine groups is 1. The molecule has 0 aliphatic heterocycles. The van der Waals surface area contributed by atoms with Crippen LogP contribution in [-0.4, -0.2) is 20.6 Å². The highest BCUT2D eigenvalue weighted by Crippen LogP contribution is 2.20. The Kier molecular flexibility index (Phi) is 3.17. The van der Waals surface area contributed by atoms with E-state index in [4.69, 9.17) is 11.1 Å². The van der Waals surface area contributed by atoms with E-state index in [-0.39, 0.29) is 5.84 Å². The fourth-order valence-corrected chi connectivity index (χ4v) is 2.28. The Hall–Kier alpha value is -2.69. The van der Waals surface area contributed by atoms with Crippen LogP contribution >= 0.6 is 0 Å². The summed E-state index contributed by atoms with van der Waals surface area (Å²) in [5.41, 5.74) is 8.20. The molecule has 2 aromatic heterocycles. The zero-order valence-electron chi connectivity index (χ0n) is 12.0. The van der Waals surface area contributed by atoms with Crippen LogP contribution in [-0.2, 0) is 0 Å². The maximum atomic E-state index is 7.77. The molecule has 0 unspecified atom stereocenters. The molecule has 5 nitrogen and oxygen atoms in total. The topological polar surface area (TPSA) is 80.6 Å². The summed E-state index contributed by atoms with van der Waals surface area (Å²) in [6, 6.07) is 11.5. The minimum absolute atomic E-state index is 0.0334. The van der Waals surface area contributed by atoms with Gasteiger partial charge in [0.1, 0.15) is 5.84 Å². The third-order valence-electron chi connectivity index (χ3n) is 3.43. The van der Waals surface area contributed by atoms with Gasteiger partial charge in [-0.2, -0.15) is 5.10 Å². The quantitative estimate of drug-likeness (QED) is 0.571. The predicted molar refractivity (Wildman–Crippen MR) is 84.0 cm³/mol. The Morgan fingerprint density at radius 1 is 1.24 bits per heavy atom. The molecule has 0 spiro atoms. The molecule has 3 N–H and O–H groups in total. The summed E-state index contributed by atoms with van der Waals surface area (Å²) in [7, 11) is 0. The van der Waals surface area contributed by atoms with Gasteiger partial charge in [-0.3, -0.25) is 5.41 Å². The Balaban J connectivity index is 2.20. The molecule has 0 amide bonds. The Morgan fingerprint density at radius 2 is 2.00 bits per heavy atom. The standard InChI is InChI=1S/C16H17N5/c1-10(2)13-7-8-21(20-13)15-9-12(16(17)18)11-5-3-4-6-14(11)19-15/h3-10H,1-2H3,(H3,17,18). The average molecular weight is 279 g/mol. The molecule has 0 atom stereocenters. The van der Waals surface area contributed by atoms with Crippen LogP contribution in [0.15, 0.2) is 42.6 Å². The van der Waals surface area contributed by atoms with E-state index in [0.717, 1.165) is 16.6 Å². The molecule has 0 fully saturated rings. The first-order chi connectivity index (χ1) is 10.1. The molecule has 0 bridgehead atoms. The van der Waals surface area contributed by atoms with Crippen molar-refractivity contribution in [3.63, 3.8) is 0 Å². The summed E-state index contributed by atoms with van der Waals surface area (Å²) in [5, 5.41) is 13.2. The van der Waals surface area contributed by atoms with Crippen LogP contribution in [0.3, 0.4) is 0 Å². The number of pyridine rings is 1. The van der Waals surface area contributed by atoms with E-state index in [9.17, 15) is 0 Å². The summed E-state index contributed by atoms with van der Waals surface area (Å²) >= 11 is 0. The van der Waals surface area contributed by atoms with Crippen LogP contribution in [0.1, 0.15) is 31.0 Å². The van der Waals surface area contributed by atoms with Crippen LogP contribution in [0.4, 0.5) is 0 Å². The molecule has 0 saturated carbocycles. The molecule has 21 heavy (non-hydrogen) atoms. The Morgan fingerprint density at radius 3 is 2.67 bits per heavy atom. The van der Waals surface area contributed by atoms with Gasteiger partial charge in [-0.15, -0.1) is 0 Å². The van der Waals surface area contributed by atoms with Gasteiger partial charge >= 0.3 is 0 Å². The number of aromatic nitrogens is 3. The minimum atomic E-state index is 0.0334. The monoisotopic (exact) mass is 279 g/mol. The summed E-state index contributed by atoms with van der Waals surface area (Å²) < 4.78 is 1.73. The number of benzene rings is 1. The van der Waals surface area contributed by atoms with Crippen LogP contribution in [0, 0.1) is 5.41 Å². The molecule has 0 aliphatic rings. The van der Waals surface area contributed by atoms with Gasteiger partial charge < -0.3 is 5.73 Å². The van der Waals surface area contributed by atoms with Crippen molar-refractivity contribution in [2.24, 2.45) is 5.73 Å². The Bertz CT molecular complexity index is 816. The fraction of sp³-hybridized carbons (Fsp3) is 0.188. The zero-order chi connectivity index (χ0) is 15.0. The largest absolute Gasteiger partial charge is 0.384 e. The molecule has 3 aromatic rings. The van der Waals surface area contributed by atoms with E-state index in [1.165, 1.54) is 0 Å². The molecule has 106 valence electrons. The van der Waals surface area contributed by atoms with E-state index in [2.05, 4.69) is 23.9 Å². The van der Waals surface area contributed by atoms with Gasteiger partial charge in [-0.05, 0) is 24.1 Å². The number of fused-ring (bicyclic) bond motifs is 1. The molecule has 0 radical (unpaired) electrons. The smallest absolute Gasteiger partial charge is 0.154 e. The second kappa shape index (κ2) is 5.01. The van der Waals surface area contributed by atoms with E-state index in [0.29, 0.717) is 17.3 Å². The third kappa shape index (κ3) is 2.38. The maximum Gasteiger partial charge on any atom is 0.154 e. The van der Waals surface area contributed by atoms with Crippen LogP contribution in [0.2, 0.25) is 0 Å². The van der Waals surface area contributed by atoms with Crippen molar-refractivity contribution < 1.29 is 0 Å². The maximum absolute atomic E-state index is 7.77. The van der Waals surface area contributed by atoms with Gasteiger partial charge in [0, 0.05) is 17.1 Å². The molecule has 1 aromatic carbocycles. The summed E-state index contributed by atoms with van der Waals surface area (Å²) in [5.74, 6) is 1.07. The number of hydrogen-bond donors (Lipinski definition) is 2. The van der Waals surface area contributed by atoms with E-state index in [1.807, 2.05) is 42.6 Å². The van der Waals surface area contributed by atoms with Gasteiger partial charge in [-0.25, -0.2) is 9.67 Å². The first-order valence-corrected chi connectivity index (χ1v) is 6.86. The number of rotatable bonds is 3. The highest BCUT2D eigenvalue weighted by Gasteiger charge is 2.11. The van der Waals surface area contributed by atoms with Crippen LogP contribution in [0.5, 0.6) is 0 Å². The van der Waals surface area contributed by atoms with Crippen LogP contribution in [0.25, 0.3) is 16.7 Å². The van der Waals surface area contributed by atoms with Gasteiger partial charge in [0.15, 0.2) is 5.82 Å². The second-order valence-corrected chi connectivity index (χ2v) is 5.30. The minimum Gasteiger partial charge on any atom is -0.384 e. The van der Waals surface area contributed by atoms with E-state index >= 15 is 0 Å². The highest BCUT2D eigenvalue weighted by atomic mass is 15.3. The zero-order valence-corrected chi connectivity index (χ0v) is 12.0. The van der Waals surface area contributed by atoms with E-state index < -0.39 is 0 Å². The van der Waals surface area contributed by atoms with Crippen molar-refractivity contribution in [2.75, 3.05) is 0 Å². The summed E-state index contributed by atoms with van der Waals surface area (Å²) in [6.07, 6.45) is 1.89. The van der Waals surface area contributed by atoms with Gasteiger partial charge in [0.2, 0.25) is 0 Å².